The number of H-pyrrole nitrogens is 1. The van der Waals surface area contributed by atoms with Crippen LogP contribution in [0, 0.1) is 0 Å². The molecule has 3 aromatic carbocycles. The lowest BCUT2D eigenvalue weighted by atomic mass is 10.2. The highest BCUT2D eigenvalue weighted by atomic mass is 35.5. The smallest absolute Gasteiger partial charge is 0.272 e. The Bertz CT molecular complexity index is 1320. The molecule has 31 heavy (non-hydrogen) atoms. The molecule has 158 valence electrons. The normalized spacial score (nSPS) is 11.5. The number of aromatic amines is 1. The van der Waals surface area contributed by atoms with Gasteiger partial charge in [-0.15, -0.1) is 0 Å². The number of anilines is 1. The zero-order chi connectivity index (χ0) is 21.8. The molecule has 6 nitrogen and oxygen atoms in total. The molecule has 0 aliphatic carbocycles. The van der Waals surface area contributed by atoms with Gasteiger partial charge in [0.2, 0.25) is 10.0 Å². The largest absolute Gasteiger partial charge is 0.349 e. The number of rotatable bonds is 7. The van der Waals surface area contributed by atoms with Gasteiger partial charge in [0.15, 0.2) is 0 Å². The minimum Gasteiger partial charge on any atom is -0.349 e. The molecule has 1 heterocycles. The average Bonchev–Trinajstić information content (AvgIpc) is 3.21. The van der Waals surface area contributed by atoms with Crippen LogP contribution in [0.5, 0.6) is 0 Å². The van der Waals surface area contributed by atoms with Crippen molar-refractivity contribution < 1.29 is 13.2 Å². The summed E-state index contributed by atoms with van der Waals surface area (Å²) in [5, 5.41) is 4.12. The fourth-order valence-corrected chi connectivity index (χ4v) is 4.48. The van der Waals surface area contributed by atoms with Gasteiger partial charge in [-0.25, -0.2) is 13.1 Å². The number of nitrogens with one attached hydrogen (secondary N) is 3. The third kappa shape index (κ3) is 4.96. The standard InChI is InChI=1S/C23H20ClN3O3S/c24-20-8-4-7-17-15-21(27-22(17)20)23(28)26-18-9-11-19(12-10-18)31(29,30)25-14-13-16-5-2-1-3-6-16/h1-12,15,25,27H,13-14H2,(H,26,28). The van der Waals surface area contributed by atoms with Crippen LogP contribution in [0.4, 0.5) is 5.69 Å². The number of halogens is 1. The number of hydrogen-bond donors (Lipinski definition) is 3. The van der Waals surface area contributed by atoms with Crippen LogP contribution < -0.4 is 10.0 Å². The van der Waals surface area contributed by atoms with Gasteiger partial charge in [0, 0.05) is 17.6 Å². The van der Waals surface area contributed by atoms with Crippen molar-refractivity contribution >= 4 is 44.1 Å². The molecule has 1 amide bonds. The molecule has 4 aromatic rings. The number of sulfonamides is 1. The highest BCUT2D eigenvalue weighted by molar-refractivity contribution is 7.89. The summed E-state index contributed by atoms with van der Waals surface area (Å²) in [6.45, 7) is 0.299. The predicted octanol–water partition coefficient (Wildman–Crippen LogP) is 4.59. The number of carbonyl (C=O) groups excluding carboxylic acids is 1. The van der Waals surface area contributed by atoms with Gasteiger partial charge in [0.05, 0.1) is 15.4 Å². The summed E-state index contributed by atoms with van der Waals surface area (Å²) in [4.78, 5) is 15.7. The van der Waals surface area contributed by atoms with Gasteiger partial charge >= 0.3 is 0 Å². The molecule has 0 unspecified atom stereocenters. The molecule has 8 heteroatoms. The van der Waals surface area contributed by atoms with E-state index in [-0.39, 0.29) is 10.8 Å². The number of para-hydroxylation sites is 1. The Hall–Kier alpha value is -3.13. The summed E-state index contributed by atoms with van der Waals surface area (Å²) in [6.07, 6.45) is 0.600. The van der Waals surface area contributed by atoms with E-state index < -0.39 is 10.0 Å². The second-order valence-corrected chi connectivity index (χ2v) is 9.17. The Balaban J connectivity index is 1.39. The summed E-state index contributed by atoms with van der Waals surface area (Å²) >= 11 is 6.14. The second-order valence-electron chi connectivity index (χ2n) is 7.00. The van der Waals surface area contributed by atoms with E-state index in [1.54, 1.807) is 24.3 Å². The van der Waals surface area contributed by atoms with Crippen molar-refractivity contribution in [3.05, 3.63) is 95.1 Å². The molecule has 0 atom stereocenters. The third-order valence-electron chi connectivity index (χ3n) is 4.82. The van der Waals surface area contributed by atoms with Crippen molar-refractivity contribution in [1.82, 2.24) is 9.71 Å². The number of aromatic nitrogens is 1. The summed E-state index contributed by atoms with van der Waals surface area (Å²) in [6, 6.07) is 22.8. The van der Waals surface area contributed by atoms with Crippen LogP contribution in [0.25, 0.3) is 10.9 Å². The third-order valence-corrected chi connectivity index (χ3v) is 6.61. The van der Waals surface area contributed by atoms with Crippen molar-refractivity contribution in [2.75, 3.05) is 11.9 Å². The lowest BCUT2D eigenvalue weighted by molar-refractivity contribution is 0.102. The molecule has 3 N–H and O–H groups in total. The molecule has 0 bridgehead atoms. The van der Waals surface area contributed by atoms with Crippen molar-refractivity contribution in [3.8, 4) is 0 Å². The first kappa shape index (κ1) is 21.1. The molecule has 1 aromatic heterocycles. The Kier molecular flexibility index (Phi) is 6.08. The zero-order valence-corrected chi connectivity index (χ0v) is 18.0. The number of carbonyl (C=O) groups is 1. The molecular weight excluding hydrogens is 434 g/mol. The molecule has 0 spiro atoms. The Labute approximate surface area is 185 Å². The molecule has 0 radical (unpaired) electrons. The van der Waals surface area contributed by atoms with Gasteiger partial charge in [-0.1, -0.05) is 54.1 Å². The van der Waals surface area contributed by atoms with E-state index in [2.05, 4.69) is 15.0 Å². The van der Waals surface area contributed by atoms with Crippen LogP contribution in [0.15, 0.2) is 83.8 Å². The molecule has 0 fully saturated rings. The minimum absolute atomic E-state index is 0.135. The van der Waals surface area contributed by atoms with Crippen molar-refractivity contribution in [2.24, 2.45) is 0 Å². The summed E-state index contributed by atoms with van der Waals surface area (Å²) in [7, 11) is -3.63. The molecule has 0 saturated carbocycles. The van der Waals surface area contributed by atoms with Crippen molar-refractivity contribution in [3.63, 3.8) is 0 Å². The SMILES string of the molecule is O=C(Nc1ccc(S(=O)(=O)NCCc2ccccc2)cc1)c1cc2cccc(Cl)c2[nH]1. The number of fused-ring (bicyclic) bond motifs is 1. The monoisotopic (exact) mass is 453 g/mol. The molecule has 0 aliphatic heterocycles. The van der Waals surface area contributed by atoms with Gasteiger partial charge in [-0.05, 0) is 48.4 Å². The average molecular weight is 454 g/mol. The van der Waals surface area contributed by atoms with Gasteiger partial charge in [-0.2, -0.15) is 0 Å². The second kappa shape index (κ2) is 8.93. The van der Waals surface area contributed by atoms with Crippen LogP contribution in [0.1, 0.15) is 16.1 Å². The van der Waals surface area contributed by atoms with E-state index in [4.69, 9.17) is 11.6 Å². The van der Waals surface area contributed by atoms with E-state index in [1.165, 1.54) is 12.1 Å². The topological polar surface area (TPSA) is 91.1 Å². The first-order valence-electron chi connectivity index (χ1n) is 9.65. The lowest BCUT2D eigenvalue weighted by Gasteiger charge is -2.08. The first-order chi connectivity index (χ1) is 14.9. The zero-order valence-electron chi connectivity index (χ0n) is 16.4. The van der Waals surface area contributed by atoms with Crippen LogP contribution in [0.3, 0.4) is 0 Å². The highest BCUT2D eigenvalue weighted by Gasteiger charge is 2.15. The molecule has 0 aliphatic rings. The van der Waals surface area contributed by atoms with E-state index >= 15 is 0 Å². The first-order valence-corrected chi connectivity index (χ1v) is 11.5. The van der Waals surface area contributed by atoms with E-state index in [1.807, 2.05) is 42.5 Å². The Morgan fingerprint density at radius 3 is 2.39 bits per heavy atom. The minimum atomic E-state index is -3.63. The summed E-state index contributed by atoms with van der Waals surface area (Å²) in [5.41, 5.74) is 2.60. The van der Waals surface area contributed by atoms with Gasteiger partial charge in [0.1, 0.15) is 5.69 Å². The van der Waals surface area contributed by atoms with E-state index in [0.29, 0.717) is 34.9 Å². The quantitative estimate of drug-likeness (QED) is 0.382. The highest BCUT2D eigenvalue weighted by Crippen LogP contribution is 2.24. The van der Waals surface area contributed by atoms with Crippen LogP contribution in [-0.2, 0) is 16.4 Å². The Morgan fingerprint density at radius 2 is 1.68 bits per heavy atom. The van der Waals surface area contributed by atoms with Crippen molar-refractivity contribution in [1.29, 1.82) is 0 Å². The number of benzene rings is 3. The van der Waals surface area contributed by atoms with Crippen LogP contribution in [-0.4, -0.2) is 25.9 Å². The van der Waals surface area contributed by atoms with Gasteiger partial charge in [-0.3, -0.25) is 4.79 Å². The maximum absolute atomic E-state index is 12.5. The van der Waals surface area contributed by atoms with Gasteiger partial charge < -0.3 is 10.3 Å². The lowest BCUT2D eigenvalue weighted by Crippen LogP contribution is -2.26. The van der Waals surface area contributed by atoms with Crippen LogP contribution >= 0.6 is 11.6 Å². The van der Waals surface area contributed by atoms with E-state index in [9.17, 15) is 13.2 Å². The molecule has 0 saturated heterocycles. The molecule has 4 rings (SSSR count). The maximum Gasteiger partial charge on any atom is 0.272 e. The summed E-state index contributed by atoms with van der Waals surface area (Å²) in [5.74, 6) is -0.344. The van der Waals surface area contributed by atoms with Gasteiger partial charge in [0.25, 0.3) is 5.91 Å². The number of amides is 1. The fourth-order valence-electron chi connectivity index (χ4n) is 3.22. The van der Waals surface area contributed by atoms with Crippen molar-refractivity contribution in [2.45, 2.75) is 11.3 Å². The fraction of sp³-hybridized carbons (Fsp3) is 0.0870. The Morgan fingerprint density at radius 1 is 0.935 bits per heavy atom. The predicted molar refractivity (Wildman–Crippen MR) is 123 cm³/mol. The number of hydrogen-bond acceptors (Lipinski definition) is 3. The summed E-state index contributed by atoms with van der Waals surface area (Å²) < 4.78 is 27.6. The molecular formula is C23H20ClN3O3S. The van der Waals surface area contributed by atoms with Crippen LogP contribution in [0.2, 0.25) is 5.02 Å². The maximum atomic E-state index is 12.5. The van der Waals surface area contributed by atoms with E-state index in [0.717, 1.165) is 10.9 Å².